The third-order valence-corrected chi connectivity index (χ3v) is 0.729. The molecular weight excluding hydrogens is 73.7 g/mol. The van der Waals surface area contributed by atoms with Gasteiger partial charge in [-0.25, -0.2) is 0 Å². The third kappa shape index (κ3) is 2.06. The van der Waals surface area contributed by atoms with Gasteiger partial charge in [0.25, 0.3) is 0 Å². The van der Waals surface area contributed by atoms with E-state index >= 15 is 0 Å². The molecule has 0 atom stereocenters. The molecule has 0 aromatic heterocycles. The van der Waals surface area contributed by atoms with Crippen LogP contribution in [-0.2, 0) is 4.65 Å². The Kier molecular flexibility index (Phi) is 2.91. The average molecular weight is 81.7 g/mol. The van der Waals surface area contributed by atoms with E-state index in [4.69, 9.17) is 4.65 Å². The Morgan fingerprint density at radius 1 is 1.83 bits per heavy atom. The molecule has 0 amide bonds. The Balaban J connectivity index is 3.22. The van der Waals surface area contributed by atoms with Crippen LogP contribution in [0.4, 0.5) is 0 Å². The zero-order valence-corrected chi connectivity index (χ0v) is 4.49. The first-order valence-corrected chi connectivity index (χ1v) is 1.98. The predicted octanol–water partition coefficient (Wildman–Crippen LogP) is -0.547. The summed E-state index contributed by atoms with van der Waals surface area (Å²) in [6.45, 7) is 5.78. The maximum absolute atomic E-state index is 4.76. The van der Waals surface area contributed by atoms with Gasteiger partial charge in [-0.2, -0.15) is 0 Å². The van der Waals surface area contributed by atoms with Crippen molar-refractivity contribution in [3.63, 3.8) is 0 Å². The van der Waals surface area contributed by atoms with Crippen LogP contribution in [-0.4, -0.2) is 20.6 Å². The molecule has 0 saturated heterocycles. The molecule has 0 heterocycles. The molecule has 1 nitrogen and oxygen atoms in total. The van der Waals surface area contributed by atoms with E-state index in [9.17, 15) is 0 Å². The minimum atomic E-state index is 0.968. The summed E-state index contributed by atoms with van der Waals surface area (Å²) in [7, 11) is 1.66. The van der Waals surface area contributed by atoms with Gasteiger partial charge < -0.3 is 0 Å². The van der Waals surface area contributed by atoms with Gasteiger partial charge in [-0.15, -0.1) is 0 Å². The van der Waals surface area contributed by atoms with Crippen LogP contribution in [0.1, 0.15) is 6.92 Å². The Bertz CT molecular complexity index is 59.8. The van der Waals surface area contributed by atoms with Crippen LogP contribution in [0.25, 0.3) is 0 Å². The van der Waals surface area contributed by atoms with Crippen LogP contribution in [0, 0.1) is 0 Å². The fourth-order valence-electron chi connectivity index (χ4n) is 0.118. The second-order valence-electron chi connectivity index (χ2n) is 1.10. The number of hydrogen-bond acceptors (Lipinski definition) is 1. The molecule has 0 spiro atoms. The second-order valence-corrected chi connectivity index (χ2v) is 1.10. The summed E-state index contributed by atoms with van der Waals surface area (Å²) >= 11 is 0. The summed E-state index contributed by atoms with van der Waals surface area (Å²) < 4.78 is 4.76. The molecule has 0 aliphatic carbocycles. The van der Waals surface area contributed by atoms with Crippen molar-refractivity contribution in [2.75, 3.05) is 0 Å². The zero-order valence-electron chi connectivity index (χ0n) is 4.49. The number of hydrogen-bond donors (Lipinski definition) is 0. The zero-order chi connectivity index (χ0) is 4.99. The van der Waals surface area contributed by atoms with Gasteiger partial charge in [0.2, 0.25) is 0 Å². The molecule has 0 aromatic carbocycles. The molecule has 0 fully saturated rings. The van der Waals surface area contributed by atoms with E-state index in [2.05, 4.69) is 0 Å². The van der Waals surface area contributed by atoms with Gasteiger partial charge in [0.15, 0.2) is 0 Å². The SMILES string of the molecule is BO/C(C)=B/C. The average Bonchev–Trinajstić information content (AvgIpc) is 1.65. The van der Waals surface area contributed by atoms with Gasteiger partial charge >= 0.3 is 39.0 Å². The van der Waals surface area contributed by atoms with Gasteiger partial charge in [-0.3, -0.25) is 0 Å². The van der Waals surface area contributed by atoms with Crippen molar-refractivity contribution in [1.29, 1.82) is 0 Å². The Labute approximate surface area is 40.0 Å². The molecule has 0 rings (SSSR count). The first-order valence-electron chi connectivity index (χ1n) is 1.98. The van der Waals surface area contributed by atoms with E-state index in [1.807, 2.05) is 20.7 Å². The minimum absolute atomic E-state index is 0.968. The molecule has 0 aliphatic heterocycles. The van der Waals surface area contributed by atoms with E-state index in [0.717, 1.165) is 5.65 Å². The molecule has 0 N–H and O–H groups in total. The molecule has 6 heavy (non-hydrogen) atoms. The molecule has 0 saturated carbocycles. The fraction of sp³-hybridized carbons (Fsp3) is 0.667. The summed E-state index contributed by atoms with van der Waals surface area (Å²) in [6.07, 6.45) is 0. The van der Waals surface area contributed by atoms with Crippen molar-refractivity contribution in [1.82, 2.24) is 0 Å². The van der Waals surface area contributed by atoms with E-state index in [-0.39, 0.29) is 0 Å². The van der Waals surface area contributed by atoms with Crippen molar-refractivity contribution in [2.24, 2.45) is 0 Å². The van der Waals surface area contributed by atoms with Crippen LogP contribution in [0.2, 0.25) is 6.82 Å². The van der Waals surface area contributed by atoms with Crippen LogP contribution < -0.4 is 0 Å². The van der Waals surface area contributed by atoms with Crippen LogP contribution in [0.15, 0.2) is 0 Å². The van der Waals surface area contributed by atoms with Crippen molar-refractivity contribution < 1.29 is 4.65 Å². The van der Waals surface area contributed by atoms with Crippen LogP contribution >= 0.6 is 0 Å². The third-order valence-electron chi connectivity index (χ3n) is 0.729. The van der Waals surface area contributed by atoms with Crippen LogP contribution in [0.5, 0.6) is 0 Å². The molecule has 32 valence electrons. The summed E-state index contributed by atoms with van der Waals surface area (Å²) in [5.41, 5.74) is 0.968. The second kappa shape index (κ2) is 3.01. The van der Waals surface area contributed by atoms with Crippen molar-refractivity contribution >= 4 is 20.6 Å². The van der Waals surface area contributed by atoms with E-state index in [1.54, 1.807) is 8.05 Å². The quantitative estimate of drug-likeness (QED) is 0.385. The van der Waals surface area contributed by atoms with Crippen molar-refractivity contribution in [3.8, 4) is 0 Å². The maximum atomic E-state index is 4.76. The standard InChI is InChI=1S/C3H8B2O/c1-3(5-2)6-4/h4H2,1-2H3. The van der Waals surface area contributed by atoms with Gasteiger partial charge in [0.05, 0.1) is 0 Å². The summed E-state index contributed by atoms with van der Waals surface area (Å²) in [6, 6.07) is 0. The fourth-order valence-corrected chi connectivity index (χ4v) is 0.118. The van der Waals surface area contributed by atoms with Gasteiger partial charge in [-0.1, -0.05) is 0 Å². The van der Waals surface area contributed by atoms with Gasteiger partial charge in [-0.05, 0) is 0 Å². The Morgan fingerprint density at radius 2 is 2.33 bits per heavy atom. The molecule has 0 aromatic rings. The first kappa shape index (κ1) is 5.80. The van der Waals surface area contributed by atoms with Crippen molar-refractivity contribution in [3.05, 3.63) is 0 Å². The van der Waals surface area contributed by atoms with E-state index in [1.165, 1.54) is 0 Å². The van der Waals surface area contributed by atoms with Crippen LogP contribution in [0.3, 0.4) is 0 Å². The summed E-state index contributed by atoms with van der Waals surface area (Å²) in [4.78, 5) is 0. The molecule has 0 aliphatic rings. The monoisotopic (exact) mass is 82.1 g/mol. The normalized spacial score (nSPS) is 10.0. The van der Waals surface area contributed by atoms with Gasteiger partial charge in [0, 0.05) is 0 Å². The Hall–Kier alpha value is -0.200. The Morgan fingerprint density at radius 3 is 2.33 bits per heavy atom. The molecule has 0 radical (unpaired) electrons. The molecular formula is C3H8B2O. The topological polar surface area (TPSA) is 9.23 Å². The number of rotatable bonds is 1. The van der Waals surface area contributed by atoms with Gasteiger partial charge in [0.1, 0.15) is 0 Å². The first-order chi connectivity index (χ1) is 2.81. The molecule has 3 heteroatoms. The predicted molar refractivity (Wildman–Crippen MR) is 31.9 cm³/mol. The summed E-state index contributed by atoms with van der Waals surface area (Å²) in [5.74, 6) is 0. The van der Waals surface area contributed by atoms with E-state index in [0.29, 0.717) is 0 Å². The van der Waals surface area contributed by atoms with Crippen molar-refractivity contribution in [2.45, 2.75) is 13.7 Å². The summed E-state index contributed by atoms with van der Waals surface area (Å²) in [5, 5.41) is 0. The molecule has 0 unspecified atom stereocenters. The molecule has 0 bridgehead atoms. The van der Waals surface area contributed by atoms with E-state index < -0.39 is 0 Å².